The van der Waals surface area contributed by atoms with Crippen molar-refractivity contribution in [1.82, 2.24) is 10.6 Å². The van der Waals surface area contributed by atoms with Gasteiger partial charge < -0.3 is 15.4 Å². The van der Waals surface area contributed by atoms with Crippen molar-refractivity contribution in [3.8, 4) is 0 Å². The second-order valence-electron chi connectivity index (χ2n) is 5.23. The lowest BCUT2D eigenvalue weighted by Crippen LogP contribution is -2.42. The van der Waals surface area contributed by atoms with Gasteiger partial charge in [-0.1, -0.05) is 30.3 Å². The van der Waals surface area contributed by atoms with E-state index in [4.69, 9.17) is 4.74 Å². The third-order valence-corrected chi connectivity index (χ3v) is 3.14. The molecule has 0 bridgehead atoms. The van der Waals surface area contributed by atoms with Crippen LogP contribution in [0.5, 0.6) is 0 Å². The van der Waals surface area contributed by atoms with Gasteiger partial charge in [-0.3, -0.25) is 4.79 Å². The number of hydrogen-bond acceptors (Lipinski definition) is 3. The molecule has 1 aromatic rings. The number of nitrogens with one attached hydrogen (secondary N) is 2. The molecule has 1 amide bonds. The third-order valence-electron chi connectivity index (χ3n) is 3.14. The Morgan fingerprint density at radius 2 is 1.90 bits per heavy atom. The fourth-order valence-electron chi connectivity index (χ4n) is 2.00. The fraction of sp³-hybridized carbons (Fsp3) is 0.562. The first-order chi connectivity index (χ1) is 9.61. The SMILES string of the molecule is COC[C@H](C)NCC(=O)N[C@@H](C)CCc1ccccc1. The van der Waals surface area contributed by atoms with Crippen molar-refractivity contribution < 1.29 is 9.53 Å². The molecule has 0 aliphatic heterocycles. The van der Waals surface area contributed by atoms with E-state index in [0.717, 1.165) is 12.8 Å². The van der Waals surface area contributed by atoms with Crippen LogP contribution in [0.4, 0.5) is 0 Å². The predicted molar refractivity (Wildman–Crippen MR) is 81.7 cm³/mol. The summed E-state index contributed by atoms with van der Waals surface area (Å²) in [5, 5.41) is 6.13. The number of benzene rings is 1. The van der Waals surface area contributed by atoms with Crippen molar-refractivity contribution in [3.05, 3.63) is 35.9 Å². The Balaban J connectivity index is 2.18. The number of aryl methyl sites for hydroxylation is 1. The maximum atomic E-state index is 11.8. The Morgan fingerprint density at radius 1 is 1.20 bits per heavy atom. The third kappa shape index (κ3) is 7.26. The normalized spacial score (nSPS) is 13.8. The van der Waals surface area contributed by atoms with Crippen molar-refractivity contribution in [1.29, 1.82) is 0 Å². The highest BCUT2D eigenvalue weighted by molar-refractivity contribution is 5.78. The minimum Gasteiger partial charge on any atom is -0.383 e. The lowest BCUT2D eigenvalue weighted by Gasteiger charge is -2.16. The monoisotopic (exact) mass is 278 g/mol. The number of carbonyl (C=O) groups excluding carboxylic acids is 1. The molecule has 0 spiro atoms. The quantitative estimate of drug-likeness (QED) is 0.723. The van der Waals surface area contributed by atoms with Crippen molar-refractivity contribution in [3.63, 3.8) is 0 Å². The number of methoxy groups -OCH3 is 1. The zero-order chi connectivity index (χ0) is 14.8. The van der Waals surface area contributed by atoms with E-state index in [1.807, 2.05) is 32.0 Å². The highest BCUT2D eigenvalue weighted by Crippen LogP contribution is 2.04. The molecule has 0 aliphatic carbocycles. The van der Waals surface area contributed by atoms with Crippen LogP contribution in [0.1, 0.15) is 25.8 Å². The summed E-state index contributed by atoms with van der Waals surface area (Å²) in [6, 6.07) is 10.7. The Labute approximate surface area is 121 Å². The van der Waals surface area contributed by atoms with E-state index < -0.39 is 0 Å². The first kappa shape index (κ1) is 16.7. The molecule has 1 aromatic carbocycles. The number of hydrogen-bond donors (Lipinski definition) is 2. The van der Waals surface area contributed by atoms with E-state index in [1.54, 1.807) is 7.11 Å². The summed E-state index contributed by atoms with van der Waals surface area (Å²) in [5.41, 5.74) is 1.31. The average molecular weight is 278 g/mol. The highest BCUT2D eigenvalue weighted by Gasteiger charge is 2.09. The summed E-state index contributed by atoms with van der Waals surface area (Å²) >= 11 is 0. The van der Waals surface area contributed by atoms with E-state index in [0.29, 0.717) is 13.2 Å². The van der Waals surface area contributed by atoms with Gasteiger partial charge in [0.1, 0.15) is 0 Å². The molecule has 1 rings (SSSR count). The Kier molecular flexibility index (Phi) is 7.92. The molecule has 0 saturated heterocycles. The van der Waals surface area contributed by atoms with Crippen LogP contribution in [0.2, 0.25) is 0 Å². The van der Waals surface area contributed by atoms with Gasteiger partial charge in [0, 0.05) is 19.2 Å². The van der Waals surface area contributed by atoms with Crippen LogP contribution in [0.25, 0.3) is 0 Å². The maximum Gasteiger partial charge on any atom is 0.234 e. The summed E-state index contributed by atoms with van der Waals surface area (Å²) in [7, 11) is 1.66. The summed E-state index contributed by atoms with van der Waals surface area (Å²) in [6.45, 7) is 4.98. The van der Waals surface area contributed by atoms with Gasteiger partial charge in [0.2, 0.25) is 5.91 Å². The van der Waals surface area contributed by atoms with E-state index in [2.05, 4.69) is 22.8 Å². The summed E-state index contributed by atoms with van der Waals surface area (Å²) in [6.07, 6.45) is 1.93. The standard InChI is InChI=1S/C16H26N2O2/c1-13(9-10-15-7-5-4-6-8-15)18-16(19)11-17-14(2)12-20-3/h4-8,13-14,17H,9-12H2,1-3H3,(H,18,19)/t13-,14-/m0/s1. The molecule has 0 saturated carbocycles. The molecule has 0 unspecified atom stereocenters. The molecule has 0 aromatic heterocycles. The Bertz CT molecular complexity index is 381. The predicted octanol–water partition coefficient (Wildman–Crippen LogP) is 1.75. The molecule has 4 nitrogen and oxygen atoms in total. The molecular formula is C16H26N2O2. The lowest BCUT2D eigenvalue weighted by atomic mass is 10.1. The van der Waals surface area contributed by atoms with Gasteiger partial charge in [-0.05, 0) is 32.3 Å². The van der Waals surface area contributed by atoms with Crippen LogP contribution in [-0.4, -0.2) is 38.3 Å². The largest absolute Gasteiger partial charge is 0.383 e. The van der Waals surface area contributed by atoms with Gasteiger partial charge in [0.15, 0.2) is 0 Å². The molecule has 4 heteroatoms. The molecule has 0 fully saturated rings. The van der Waals surface area contributed by atoms with Gasteiger partial charge in [-0.15, -0.1) is 0 Å². The fourth-order valence-corrected chi connectivity index (χ4v) is 2.00. The second-order valence-corrected chi connectivity index (χ2v) is 5.23. The first-order valence-corrected chi connectivity index (χ1v) is 7.17. The highest BCUT2D eigenvalue weighted by atomic mass is 16.5. The lowest BCUT2D eigenvalue weighted by molar-refractivity contribution is -0.121. The molecule has 0 aliphatic rings. The summed E-state index contributed by atoms with van der Waals surface area (Å²) in [5.74, 6) is 0.0357. The van der Waals surface area contributed by atoms with E-state index in [1.165, 1.54) is 5.56 Å². The second kappa shape index (κ2) is 9.50. The number of carbonyl (C=O) groups is 1. The zero-order valence-corrected chi connectivity index (χ0v) is 12.7. The maximum absolute atomic E-state index is 11.8. The minimum atomic E-state index is 0.0357. The molecule has 112 valence electrons. The van der Waals surface area contributed by atoms with Crippen LogP contribution in [0.15, 0.2) is 30.3 Å². The molecule has 2 N–H and O–H groups in total. The minimum absolute atomic E-state index is 0.0357. The molecular weight excluding hydrogens is 252 g/mol. The number of amides is 1. The molecule has 2 atom stereocenters. The Hall–Kier alpha value is -1.39. The van der Waals surface area contributed by atoms with Gasteiger partial charge in [-0.2, -0.15) is 0 Å². The average Bonchev–Trinajstić information content (AvgIpc) is 2.44. The van der Waals surface area contributed by atoms with Crippen molar-refractivity contribution in [2.24, 2.45) is 0 Å². The van der Waals surface area contributed by atoms with Crippen LogP contribution < -0.4 is 10.6 Å². The summed E-state index contributed by atoms with van der Waals surface area (Å²) in [4.78, 5) is 11.8. The van der Waals surface area contributed by atoms with E-state index >= 15 is 0 Å². The van der Waals surface area contributed by atoms with Gasteiger partial charge in [0.25, 0.3) is 0 Å². The van der Waals surface area contributed by atoms with Gasteiger partial charge in [-0.25, -0.2) is 0 Å². The molecule has 20 heavy (non-hydrogen) atoms. The van der Waals surface area contributed by atoms with Crippen molar-refractivity contribution in [2.45, 2.75) is 38.8 Å². The van der Waals surface area contributed by atoms with Gasteiger partial charge >= 0.3 is 0 Å². The van der Waals surface area contributed by atoms with Gasteiger partial charge in [0.05, 0.1) is 13.2 Å². The van der Waals surface area contributed by atoms with Crippen molar-refractivity contribution >= 4 is 5.91 Å². The Morgan fingerprint density at radius 3 is 2.55 bits per heavy atom. The molecule has 0 heterocycles. The van der Waals surface area contributed by atoms with Crippen LogP contribution >= 0.6 is 0 Å². The van der Waals surface area contributed by atoms with E-state index in [9.17, 15) is 4.79 Å². The zero-order valence-electron chi connectivity index (χ0n) is 12.7. The molecule has 0 radical (unpaired) electrons. The summed E-state index contributed by atoms with van der Waals surface area (Å²) < 4.78 is 5.01. The van der Waals surface area contributed by atoms with E-state index in [-0.39, 0.29) is 18.0 Å². The first-order valence-electron chi connectivity index (χ1n) is 7.17. The van der Waals surface area contributed by atoms with Crippen molar-refractivity contribution in [2.75, 3.05) is 20.3 Å². The smallest absolute Gasteiger partial charge is 0.234 e. The number of ether oxygens (including phenoxy) is 1. The van der Waals surface area contributed by atoms with Crippen LogP contribution in [-0.2, 0) is 16.0 Å². The number of rotatable bonds is 9. The topological polar surface area (TPSA) is 50.4 Å². The van der Waals surface area contributed by atoms with Crippen LogP contribution in [0, 0.1) is 0 Å². The van der Waals surface area contributed by atoms with Crippen LogP contribution in [0.3, 0.4) is 0 Å².